The maximum atomic E-state index is 10.4. The highest BCUT2D eigenvalue weighted by atomic mass is 16.5. The molecule has 5 unspecified atom stereocenters. The van der Waals surface area contributed by atoms with Crippen LogP contribution >= 0.6 is 0 Å². The molecule has 0 aliphatic heterocycles. The van der Waals surface area contributed by atoms with Crippen molar-refractivity contribution >= 4 is 0 Å². The van der Waals surface area contributed by atoms with Crippen molar-refractivity contribution in [3.63, 3.8) is 0 Å². The van der Waals surface area contributed by atoms with Gasteiger partial charge in [0.25, 0.3) is 0 Å². The third kappa shape index (κ3) is 3.07. The van der Waals surface area contributed by atoms with E-state index < -0.39 is 0 Å². The van der Waals surface area contributed by atoms with E-state index in [2.05, 4.69) is 37.0 Å². The molecule has 0 amide bonds. The Balaban J connectivity index is 1.75. The van der Waals surface area contributed by atoms with Gasteiger partial charge in [-0.2, -0.15) is 0 Å². The van der Waals surface area contributed by atoms with Crippen LogP contribution in [0.5, 0.6) is 0 Å². The van der Waals surface area contributed by atoms with E-state index in [-0.39, 0.29) is 18.1 Å². The average molecular weight is 286 g/mol. The first-order chi connectivity index (χ1) is 10.2. The molecule has 21 heavy (non-hydrogen) atoms. The zero-order valence-corrected chi connectivity index (χ0v) is 12.9. The number of allylic oxidation sites excluding steroid dienone is 5. The standard InChI is InChI=1S/C19H26O2/c1-13-10-15(11-18(13)14-6-4-3-5-7-14)17-9-8-16(21-2)12-19(17)20/h4,6,8-9,11,14-17,19-20H,1,3,5,7,10,12H2,2H3. The molecule has 3 aliphatic rings. The van der Waals surface area contributed by atoms with Gasteiger partial charge in [0.05, 0.1) is 12.2 Å². The Bertz CT molecular complexity index is 486. The first kappa shape index (κ1) is 14.8. The van der Waals surface area contributed by atoms with Crippen LogP contribution in [0.4, 0.5) is 0 Å². The summed E-state index contributed by atoms with van der Waals surface area (Å²) in [6.45, 7) is 4.28. The second-order valence-electron chi connectivity index (χ2n) is 6.60. The Labute approximate surface area is 127 Å². The maximum Gasteiger partial charge on any atom is 0.0777 e. The molecule has 2 nitrogen and oxygen atoms in total. The molecule has 0 fully saturated rings. The minimum atomic E-state index is -0.310. The SMILES string of the molecule is C=C1CC(C2C=CC(OC)CC2O)C=C1C1C=CCCC1. The van der Waals surface area contributed by atoms with Crippen molar-refractivity contribution in [2.45, 2.75) is 44.3 Å². The van der Waals surface area contributed by atoms with Crippen molar-refractivity contribution in [3.05, 3.63) is 48.1 Å². The Hall–Kier alpha value is -1.12. The summed E-state index contributed by atoms with van der Waals surface area (Å²) in [4.78, 5) is 0. The number of hydrogen-bond acceptors (Lipinski definition) is 2. The molecule has 0 bridgehead atoms. The Kier molecular flexibility index (Phi) is 4.46. The Morgan fingerprint density at radius 2 is 2.14 bits per heavy atom. The van der Waals surface area contributed by atoms with Gasteiger partial charge in [0, 0.05) is 25.4 Å². The molecule has 0 aromatic carbocycles. The zero-order chi connectivity index (χ0) is 14.8. The van der Waals surface area contributed by atoms with Gasteiger partial charge in [-0.05, 0) is 37.2 Å². The third-order valence-corrected chi connectivity index (χ3v) is 5.20. The van der Waals surface area contributed by atoms with Gasteiger partial charge in [0.2, 0.25) is 0 Å². The van der Waals surface area contributed by atoms with Crippen molar-refractivity contribution in [2.24, 2.45) is 17.8 Å². The molecule has 0 heterocycles. The minimum Gasteiger partial charge on any atom is -0.392 e. The maximum absolute atomic E-state index is 10.4. The number of rotatable bonds is 3. The van der Waals surface area contributed by atoms with Gasteiger partial charge in [-0.15, -0.1) is 0 Å². The van der Waals surface area contributed by atoms with Crippen LogP contribution in [0.15, 0.2) is 48.1 Å². The minimum absolute atomic E-state index is 0.0607. The van der Waals surface area contributed by atoms with Crippen molar-refractivity contribution in [1.29, 1.82) is 0 Å². The lowest BCUT2D eigenvalue weighted by Gasteiger charge is -2.30. The number of ether oxygens (including phenoxy) is 1. The van der Waals surface area contributed by atoms with E-state index in [1.807, 2.05) is 0 Å². The second kappa shape index (κ2) is 6.33. The lowest BCUT2D eigenvalue weighted by atomic mass is 9.81. The summed E-state index contributed by atoms with van der Waals surface area (Å²) in [6.07, 6.45) is 16.4. The first-order valence-electron chi connectivity index (χ1n) is 8.14. The van der Waals surface area contributed by atoms with Gasteiger partial charge in [-0.1, -0.05) is 42.5 Å². The normalized spacial score (nSPS) is 39.6. The summed E-state index contributed by atoms with van der Waals surface area (Å²) in [5.41, 5.74) is 2.69. The van der Waals surface area contributed by atoms with Crippen LogP contribution in [-0.4, -0.2) is 24.4 Å². The Morgan fingerprint density at radius 1 is 1.29 bits per heavy atom. The highest BCUT2D eigenvalue weighted by Crippen LogP contribution is 2.42. The van der Waals surface area contributed by atoms with Gasteiger partial charge in [-0.25, -0.2) is 0 Å². The summed E-state index contributed by atoms with van der Waals surface area (Å²) < 4.78 is 5.32. The topological polar surface area (TPSA) is 29.5 Å². The molecule has 3 aliphatic carbocycles. The summed E-state index contributed by atoms with van der Waals surface area (Å²) in [7, 11) is 1.70. The van der Waals surface area contributed by atoms with Crippen LogP contribution in [0.2, 0.25) is 0 Å². The number of methoxy groups -OCH3 is 1. The molecule has 114 valence electrons. The molecule has 0 radical (unpaired) electrons. The van der Waals surface area contributed by atoms with Gasteiger partial charge in [-0.3, -0.25) is 0 Å². The average Bonchev–Trinajstić information content (AvgIpc) is 2.89. The lowest BCUT2D eigenvalue weighted by molar-refractivity contribution is 0.0318. The van der Waals surface area contributed by atoms with E-state index in [1.165, 1.54) is 30.4 Å². The van der Waals surface area contributed by atoms with Crippen molar-refractivity contribution in [3.8, 4) is 0 Å². The fraction of sp³-hybridized carbons (Fsp3) is 0.579. The monoisotopic (exact) mass is 286 g/mol. The highest BCUT2D eigenvalue weighted by Gasteiger charge is 2.34. The molecule has 2 heteroatoms. The second-order valence-corrected chi connectivity index (χ2v) is 6.60. The lowest BCUT2D eigenvalue weighted by Crippen LogP contribution is -2.32. The van der Waals surface area contributed by atoms with E-state index in [9.17, 15) is 5.11 Å². The number of aliphatic hydroxyl groups is 1. The highest BCUT2D eigenvalue weighted by molar-refractivity contribution is 5.40. The van der Waals surface area contributed by atoms with Crippen LogP contribution in [-0.2, 0) is 4.74 Å². The van der Waals surface area contributed by atoms with Crippen LogP contribution < -0.4 is 0 Å². The molecular formula is C19H26O2. The van der Waals surface area contributed by atoms with E-state index in [1.54, 1.807) is 7.11 Å². The summed E-state index contributed by atoms with van der Waals surface area (Å²) in [6, 6.07) is 0. The van der Waals surface area contributed by atoms with Crippen molar-refractivity contribution in [1.82, 2.24) is 0 Å². The smallest absolute Gasteiger partial charge is 0.0777 e. The predicted molar refractivity (Wildman–Crippen MR) is 85.9 cm³/mol. The molecule has 0 saturated heterocycles. The van der Waals surface area contributed by atoms with E-state index in [0.29, 0.717) is 18.3 Å². The van der Waals surface area contributed by atoms with Crippen LogP contribution in [0.1, 0.15) is 32.1 Å². The quantitative estimate of drug-likeness (QED) is 0.800. The molecular weight excluding hydrogens is 260 g/mol. The van der Waals surface area contributed by atoms with E-state index in [4.69, 9.17) is 4.74 Å². The van der Waals surface area contributed by atoms with Crippen LogP contribution in [0.3, 0.4) is 0 Å². The predicted octanol–water partition coefficient (Wildman–Crippen LogP) is 3.80. The van der Waals surface area contributed by atoms with E-state index in [0.717, 1.165) is 6.42 Å². The summed E-state index contributed by atoms with van der Waals surface area (Å²) >= 11 is 0. The van der Waals surface area contributed by atoms with Gasteiger partial charge >= 0.3 is 0 Å². The molecule has 0 aromatic rings. The fourth-order valence-electron chi connectivity index (χ4n) is 3.97. The van der Waals surface area contributed by atoms with Gasteiger partial charge in [0.1, 0.15) is 0 Å². The molecule has 0 aromatic heterocycles. The molecule has 5 atom stereocenters. The van der Waals surface area contributed by atoms with Crippen LogP contribution in [0, 0.1) is 17.8 Å². The van der Waals surface area contributed by atoms with Gasteiger partial charge < -0.3 is 9.84 Å². The molecule has 1 N–H and O–H groups in total. The molecule has 0 spiro atoms. The zero-order valence-electron chi connectivity index (χ0n) is 12.9. The van der Waals surface area contributed by atoms with Gasteiger partial charge in [0.15, 0.2) is 0 Å². The van der Waals surface area contributed by atoms with E-state index >= 15 is 0 Å². The summed E-state index contributed by atoms with van der Waals surface area (Å²) in [5, 5.41) is 10.4. The first-order valence-corrected chi connectivity index (χ1v) is 8.14. The third-order valence-electron chi connectivity index (χ3n) is 5.20. The molecule has 3 rings (SSSR count). The van der Waals surface area contributed by atoms with Crippen LogP contribution in [0.25, 0.3) is 0 Å². The Morgan fingerprint density at radius 3 is 2.81 bits per heavy atom. The fourth-order valence-corrected chi connectivity index (χ4v) is 3.97. The van der Waals surface area contributed by atoms with Crippen molar-refractivity contribution < 1.29 is 9.84 Å². The molecule has 0 saturated carbocycles. The number of aliphatic hydroxyl groups excluding tert-OH is 1. The van der Waals surface area contributed by atoms with Crippen molar-refractivity contribution in [2.75, 3.05) is 7.11 Å². The largest absolute Gasteiger partial charge is 0.392 e. The summed E-state index contributed by atoms with van der Waals surface area (Å²) in [5.74, 6) is 1.15. The number of hydrogen-bond donors (Lipinski definition) is 1.